The Morgan fingerprint density at radius 3 is 2.33 bits per heavy atom. The predicted octanol–water partition coefficient (Wildman–Crippen LogP) is 2.66. The van der Waals surface area contributed by atoms with E-state index in [1.165, 1.54) is 5.56 Å². The maximum atomic E-state index is 3.88. The van der Waals surface area contributed by atoms with Crippen LogP contribution in [0.1, 0.15) is 20.8 Å². The van der Waals surface area contributed by atoms with E-state index >= 15 is 0 Å². The molecule has 0 fully saturated rings. The summed E-state index contributed by atoms with van der Waals surface area (Å²) in [5.74, 6) is 0. The molecule has 0 N–H and O–H groups in total. The molecule has 0 saturated heterocycles. The van der Waals surface area contributed by atoms with Gasteiger partial charge in [-0.2, -0.15) is 0 Å². The minimum Gasteiger partial charge on any atom is -0.264 e. The van der Waals surface area contributed by atoms with Crippen LogP contribution in [0, 0.1) is 6.92 Å². The van der Waals surface area contributed by atoms with Crippen LogP contribution in [0.5, 0.6) is 0 Å². The maximum absolute atomic E-state index is 3.88. The molecule has 1 heteroatoms. The first-order valence-corrected chi connectivity index (χ1v) is 3.26. The molecule has 0 aliphatic rings. The molecule has 0 amide bonds. The van der Waals surface area contributed by atoms with E-state index in [0.717, 1.165) is 0 Å². The monoisotopic (exact) mass is 125 g/mol. The quantitative estimate of drug-likeness (QED) is 0.519. The fourth-order valence-electron chi connectivity index (χ4n) is 0.448. The zero-order valence-electron chi connectivity index (χ0n) is 6.26. The number of pyridine rings is 1. The van der Waals surface area contributed by atoms with Crippen molar-refractivity contribution in [1.29, 1.82) is 0 Å². The Kier molecular flexibility index (Phi) is 4.79. The van der Waals surface area contributed by atoms with Crippen LogP contribution in [-0.4, -0.2) is 4.98 Å². The van der Waals surface area contributed by atoms with Gasteiger partial charge in [-0.05, 0) is 18.6 Å². The van der Waals surface area contributed by atoms with Crippen LogP contribution >= 0.6 is 0 Å². The van der Waals surface area contributed by atoms with Gasteiger partial charge in [0.1, 0.15) is 0 Å². The predicted molar refractivity (Wildman–Crippen MR) is 42.4 cm³/mol. The van der Waals surface area contributed by atoms with Gasteiger partial charge in [0.25, 0.3) is 0 Å². The Bertz CT molecular complexity index is 139. The van der Waals surface area contributed by atoms with Crippen molar-refractivity contribution in [2.75, 3.05) is 0 Å². The Morgan fingerprint density at radius 2 is 2.11 bits per heavy atom. The Labute approximate surface area is 58.2 Å². The van der Waals surface area contributed by atoms with Crippen LogP contribution in [0.2, 0.25) is 0 Å². The minimum absolute atomic E-state index is 0. The summed E-state index contributed by atoms with van der Waals surface area (Å²) in [6.45, 7) is 6.02. The van der Waals surface area contributed by atoms with E-state index in [2.05, 4.69) is 4.98 Å². The van der Waals surface area contributed by atoms with E-state index in [-0.39, 0.29) is 1.43 Å². The third-order valence-electron chi connectivity index (χ3n) is 0.809. The molecule has 0 bridgehead atoms. The summed E-state index contributed by atoms with van der Waals surface area (Å²) in [6.07, 6.45) is 3.60. The van der Waals surface area contributed by atoms with Crippen molar-refractivity contribution in [2.24, 2.45) is 0 Å². The lowest BCUT2D eigenvalue weighted by Crippen LogP contribution is -1.69. The molecular formula is C8H15N. The smallest absolute Gasteiger partial charge is 0.0297 e. The molecule has 1 rings (SSSR count). The van der Waals surface area contributed by atoms with Gasteiger partial charge in [-0.25, -0.2) is 0 Å². The Hall–Kier alpha value is -0.850. The van der Waals surface area contributed by atoms with Gasteiger partial charge in [-0.1, -0.05) is 19.9 Å². The van der Waals surface area contributed by atoms with Crippen LogP contribution in [0.3, 0.4) is 0 Å². The van der Waals surface area contributed by atoms with E-state index in [9.17, 15) is 0 Å². The SMILES string of the molecule is CC.Cc1cccnc1.[HH]. The number of hydrogen-bond acceptors (Lipinski definition) is 1. The summed E-state index contributed by atoms with van der Waals surface area (Å²) in [6, 6.07) is 3.95. The topological polar surface area (TPSA) is 12.9 Å². The second-order valence-corrected chi connectivity index (χ2v) is 1.53. The van der Waals surface area contributed by atoms with Crippen molar-refractivity contribution in [3.05, 3.63) is 30.1 Å². The van der Waals surface area contributed by atoms with Crippen LogP contribution in [0.15, 0.2) is 24.5 Å². The summed E-state index contributed by atoms with van der Waals surface area (Å²) in [4.78, 5) is 3.88. The summed E-state index contributed by atoms with van der Waals surface area (Å²) in [5.41, 5.74) is 1.21. The van der Waals surface area contributed by atoms with Gasteiger partial charge < -0.3 is 0 Å². The van der Waals surface area contributed by atoms with E-state index < -0.39 is 0 Å². The van der Waals surface area contributed by atoms with Crippen LogP contribution in [-0.2, 0) is 0 Å². The molecule has 1 aromatic heterocycles. The molecule has 0 aliphatic carbocycles. The molecule has 52 valence electrons. The molecule has 0 aliphatic heterocycles. The molecule has 0 unspecified atom stereocenters. The van der Waals surface area contributed by atoms with Crippen molar-refractivity contribution < 1.29 is 1.43 Å². The van der Waals surface area contributed by atoms with Gasteiger partial charge in [0, 0.05) is 13.8 Å². The Morgan fingerprint density at radius 1 is 1.44 bits per heavy atom. The first kappa shape index (κ1) is 8.15. The summed E-state index contributed by atoms with van der Waals surface area (Å²) in [5, 5.41) is 0. The average Bonchev–Trinajstić information content (AvgIpc) is 1.94. The van der Waals surface area contributed by atoms with E-state index in [1.807, 2.05) is 39.1 Å². The molecule has 1 aromatic rings. The normalized spacial score (nSPS) is 7.44. The minimum atomic E-state index is 0. The highest BCUT2D eigenvalue weighted by molar-refractivity contribution is 5.04. The molecular weight excluding hydrogens is 110 g/mol. The van der Waals surface area contributed by atoms with Gasteiger partial charge in [0.05, 0.1) is 0 Å². The second-order valence-electron chi connectivity index (χ2n) is 1.53. The number of rotatable bonds is 0. The standard InChI is InChI=1S/C6H7N.C2H6.H2/c1-6-3-2-4-7-5-6;1-2;/h2-5H,1H3;1-2H3;1H. The molecule has 0 spiro atoms. The van der Waals surface area contributed by atoms with Gasteiger partial charge in [0.15, 0.2) is 0 Å². The highest BCUT2D eigenvalue weighted by Crippen LogP contribution is 1.88. The van der Waals surface area contributed by atoms with Gasteiger partial charge in [0.2, 0.25) is 0 Å². The third-order valence-corrected chi connectivity index (χ3v) is 0.809. The summed E-state index contributed by atoms with van der Waals surface area (Å²) < 4.78 is 0. The molecule has 1 nitrogen and oxygen atoms in total. The third kappa shape index (κ3) is 3.71. The lowest BCUT2D eigenvalue weighted by atomic mass is 10.3. The van der Waals surface area contributed by atoms with Crippen molar-refractivity contribution >= 4 is 0 Å². The lowest BCUT2D eigenvalue weighted by molar-refractivity contribution is 1.27. The number of aromatic nitrogens is 1. The highest BCUT2D eigenvalue weighted by Gasteiger charge is 1.73. The molecule has 0 aromatic carbocycles. The number of aryl methyl sites for hydroxylation is 1. The van der Waals surface area contributed by atoms with E-state index in [0.29, 0.717) is 0 Å². The van der Waals surface area contributed by atoms with Crippen LogP contribution in [0.25, 0.3) is 0 Å². The van der Waals surface area contributed by atoms with Crippen molar-refractivity contribution in [3.8, 4) is 0 Å². The lowest BCUT2D eigenvalue weighted by Gasteiger charge is -1.82. The van der Waals surface area contributed by atoms with Crippen LogP contribution < -0.4 is 0 Å². The van der Waals surface area contributed by atoms with Crippen molar-refractivity contribution in [3.63, 3.8) is 0 Å². The first-order valence-electron chi connectivity index (χ1n) is 3.26. The number of hydrogen-bond donors (Lipinski definition) is 0. The van der Waals surface area contributed by atoms with Gasteiger partial charge in [-0.3, -0.25) is 4.98 Å². The molecule has 0 saturated carbocycles. The number of nitrogens with zero attached hydrogens (tertiary/aromatic N) is 1. The first-order chi connectivity index (χ1) is 4.39. The summed E-state index contributed by atoms with van der Waals surface area (Å²) in [7, 11) is 0. The molecule has 9 heavy (non-hydrogen) atoms. The second kappa shape index (κ2) is 5.29. The van der Waals surface area contributed by atoms with E-state index in [1.54, 1.807) is 6.20 Å². The highest BCUT2D eigenvalue weighted by atomic mass is 14.6. The van der Waals surface area contributed by atoms with E-state index in [4.69, 9.17) is 0 Å². The largest absolute Gasteiger partial charge is 0.264 e. The van der Waals surface area contributed by atoms with Crippen molar-refractivity contribution in [1.82, 2.24) is 4.98 Å². The molecule has 0 atom stereocenters. The zero-order valence-corrected chi connectivity index (χ0v) is 6.26. The van der Waals surface area contributed by atoms with Gasteiger partial charge >= 0.3 is 0 Å². The fourth-order valence-corrected chi connectivity index (χ4v) is 0.448. The Balaban J connectivity index is 0. The fraction of sp³-hybridized carbons (Fsp3) is 0.375. The van der Waals surface area contributed by atoms with Crippen molar-refractivity contribution in [2.45, 2.75) is 20.8 Å². The summed E-state index contributed by atoms with van der Waals surface area (Å²) >= 11 is 0. The maximum Gasteiger partial charge on any atom is 0.0297 e. The average molecular weight is 125 g/mol. The van der Waals surface area contributed by atoms with Gasteiger partial charge in [-0.15, -0.1) is 0 Å². The van der Waals surface area contributed by atoms with Crippen LogP contribution in [0.4, 0.5) is 0 Å². The molecule has 0 radical (unpaired) electrons. The molecule has 1 heterocycles. The zero-order chi connectivity index (χ0) is 7.11.